The van der Waals surface area contributed by atoms with Crippen molar-refractivity contribution in [2.24, 2.45) is 0 Å². The molecule has 0 saturated carbocycles. The number of para-hydroxylation sites is 2. The van der Waals surface area contributed by atoms with Gasteiger partial charge < -0.3 is 9.80 Å². The number of hydrogen-bond acceptors (Lipinski definition) is 2. The third-order valence-electron chi connectivity index (χ3n) is 3.80. The summed E-state index contributed by atoms with van der Waals surface area (Å²) in [7, 11) is 2.08. The molecule has 1 amide bonds. The van der Waals surface area contributed by atoms with Gasteiger partial charge in [0.15, 0.2) is 0 Å². The van der Waals surface area contributed by atoms with E-state index >= 15 is 0 Å². The molecule has 1 heterocycles. The number of fused-ring (bicyclic) bond motifs is 1. The van der Waals surface area contributed by atoms with Crippen LogP contribution in [-0.4, -0.2) is 26.0 Å². The molecule has 1 aliphatic heterocycles. The molecule has 0 N–H and O–H groups in total. The third kappa shape index (κ3) is 2.81. The summed E-state index contributed by atoms with van der Waals surface area (Å²) >= 11 is 3.41. The van der Waals surface area contributed by atoms with Crippen LogP contribution in [0.15, 0.2) is 53.0 Å². The van der Waals surface area contributed by atoms with Gasteiger partial charge in [-0.05, 0) is 42.8 Å². The normalized spacial score (nSPS) is 14.6. The van der Waals surface area contributed by atoms with Crippen LogP contribution in [0.25, 0.3) is 0 Å². The van der Waals surface area contributed by atoms with Crippen LogP contribution in [0.3, 0.4) is 0 Å². The van der Waals surface area contributed by atoms with Crippen LogP contribution in [0, 0.1) is 0 Å². The maximum absolute atomic E-state index is 12.8. The highest BCUT2D eigenvalue weighted by Gasteiger charge is 2.23. The molecular weight excluding hydrogens is 328 g/mol. The topological polar surface area (TPSA) is 23.6 Å². The Labute approximate surface area is 133 Å². The van der Waals surface area contributed by atoms with E-state index in [1.807, 2.05) is 47.4 Å². The number of carbonyl (C=O) groups excluding carboxylic acids is 1. The molecule has 2 aromatic rings. The molecule has 0 atom stereocenters. The predicted octanol–water partition coefficient (Wildman–Crippen LogP) is 3.94. The van der Waals surface area contributed by atoms with Crippen LogP contribution in [0.4, 0.5) is 11.4 Å². The van der Waals surface area contributed by atoms with E-state index in [4.69, 9.17) is 0 Å². The Morgan fingerprint density at radius 1 is 1.00 bits per heavy atom. The van der Waals surface area contributed by atoms with E-state index in [2.05, 4.69) is 33.9 Å². The maximum atomic E-state index is 12.8. The van der Waals surface area contributed by atoms with Gasteiger partial charge in [0.2, 0.25) is 0 Å². The molecule has 0 aromatic heterocycles. The van der Waals surface area contributed by atoms with Crippen LogP contribution < -0.4 is 9.80 Å². The van der Waals surface area contributed by atoms with Crippen molar-refractivity contribution in [1.29, 1.82) is 0 Å². The van der Waals surface area contributed by atoms with E-state index in [9.17, 15) is 4.79 Å². The van der Waals surface area contributed by atoms with Gasteiger partial charge in [-0.15, -0.1) is 0 Å². The lowest BCUT2D eigenvalue weighted by molar-refractivity contribution is 0.0987. The van der Waals surface area contributed by atoms with Crippen LogP contribution in [0.1, 0.15) is 16.8 Å². The van der Waals surface area contributed by atoms with Crippen LogP contribution in [-0.2, 0) is 0 Å². The zero-order valence-electron chi connectivity index (χ0n) is 11.9. The third-order valence-corrected chi connectivity index (χ3v) is 4.32. The second kappa shape index (κ2) is 5.90. The molecule has 2 aromatic carbocycles. The fourth-order valence-corrected chi connectivity index (χ4v) is 2.95. The molecule has 4 heteroatoms. The summed E-state index contributed by atoms with van der Waals surface area (Å²) in [6, 6.07) is 15.6. The lowest BCUT2D eigenvalue weighted by Crippen LogP contribution is -2.31. The van der Waals surface area contributed by atoms with Crippen molar-refractivity contribution >= 4 is 33.2 Å². The highest BCUT2D eigenvalue weighted by Crippen LogP contribution is 2.32. The Balaban J connectivity index is 1.99. The Kier molecular flexibility index (Phi) is 3.97. The summed E-state index contributed by atoms with van der Waals surface area (Å²) in [5.41, 5.74) is 2.82. The molecule has 0 fully saturated rings. The van der Waals surface area contributed by atoms with E-state index in [0.29, 0.717) is 0 Å². The molecule has 0 saturated heterocycles. The summed E-state index contributed by atoms with van der Waals surface area (Å²) in [6.07, 6.45) is 0.966. The Hall–Kier alpha value is -1.81. The van der Waals surface area contributed by atoms with E-state index in [1.54, 1.807) is 0 Å². The van der Waals surface area contributed by atoms with Crippen LogP contribution in [0.5, 0.6) is 0 Å². The monoisotopic (exact) mass is 344 g/mol. The van der Waals surface area contributed by atoms with Gasteiger partial charge in [-0.2, -0.15) is 0 Å². The maximum Gasteiger partial charge on any atom is 0.258 e. The summed E-state index contributed by atoms with van der Waals surface area (Å²) in [5.74, 6) is 0.0604. The average molecular weight is 345 g/mol. The summed E-state index contributed by atoms with van der Waals surface area (Å²) in [4.78, 5) is 16.9. The van der Waals surface area contributed by atoms with Crippen molar-refractivity contribution in [3.05, 3.63) is 58.6 Å². The van der Waals surface area contributed by atoms with E-state index in [-0.39, 0.29) is 5.91 Å². The molecule has 0 radical (unpaired) electrons. The smallest absolute Gasteiger partial charge is 0.258 e. The van der Waals surface area contributed by atoms with E-state index in [0.717, 1.165) is 40.9 Å². The highest BCUT2D eigenvalue weighted by molar-refractivity contribution is 9.10. The number of hydrogen-bond donors (Lipinski definition) is 0. The van der Waals surface area contributed by atoms with Gasteiger partial charge in [0.25, 0.3) is 5.91 Å². The fraction of sp³-hybridized carbons (Fsp3) is 0.235. The second-order valence-electron chi connectivity index (χ2n) is 5.23. The Morgan fingerprint density at radius 2 is 1.67 bits per heavy atom. The fourth-order valence-electron chi connectivity index (χ4n) is 2.68. The lowest BCUT2D eigenvalue weighted by Gasteiger charge is -2.24. The number of anilines is 2. The van der Waals surface area contributed by atoms with Gasteiger partial charge >= 0.3 is 0 Å². The molecule has 0 spiro atoms. The number of amides is 1. The summed E-state index contributed by atoms with van der Waals surface area (Å²) in [5, 5.41) is 0. The number of halogens is 1. The largest absolute Gasteiger partial charge is 0.373 e. The van der Waals surface area contributed by atoms with Crippen molar-refractivity contribution in [3.63, 3.8) is 0 Å². The molecule has 3 nitrogen and oxygen atoms in total. The van der Waals surface area contributed by atoms with Gasteiger partial charge in [-0.1, -0.05) is 28.1 Å². The molecule has 108 valence electrons. The van der Waals surface area contributed by atoms with E-state index < -0.39 is 0 Å². The minimum Gasteiger partial charge on any atom is -0.373 e. The van der Waals surface area contributed by atoms with Gasteiger partial charge in [-0.25, -0.2) is 0 Å². The van der Waals surface area contributed by atoms with Crippen molar-refractivity contribution in [1.82, 2.24) is 0 Å². The van der Waals surface area contributed by atoms with Crippen molar-refractivity contribution < 1.29 is 4.79 Å². The van der Waals surface area contributed by atoms with Gasteiger partial charge in [-0.3, -0.25) is 4.79 Å². The zero-order valence-corrected chi connectivity index (χ0v) is 13.5. The first-order valence-electron chi connectivity index (χ1n) is 7.04. The van der Waals surface area contributed by atoms with Crippen molar-refractivity contribution in [2.75, 3.05) is 29.9 Å². The Bertz CT molecular complexity index is 654. The van der Waals surface area contributed by atoms with E-state index in [1.165, 1.54) is 0 Å². The van der Waals surface area contributed by atoms with Crippen LogP contribution >= 0.6 is 15.9 Å². The number of carbonyl (C=O) groups is 1. The van der Waals surface area contributed by atoms with Gasteiger partial charge in [0.1, 0.15) is 0 Å². The summed E-state index contributed by atoms with van der Waals surface area (Å²) < 4.78 is 0.982. The van der Waals surface area contributed by atoms with Crippen molar-refractivity contribution in [2.45, 2.75) is 6.42 Å². The standard InChI is InChI=1S/C17H17BrN2O/c1-19-11-4-12-20(16-6-3-2-5-15(16)19)17(21)13-7-9-14(18)10-8-13/h2-3,5-10H,4,11-12H2,1H3. The SMILES string of the molecule is CN1CCCN(C(=O)c2ccc(Br)cc2)c2ccccc21. The summed E-state index contributed by atoms with van der Waals surface area (Å²) in [6.45, 7) is 1.71. The minimum absolute atomic E-state index is 0.0604. The van der Waals surface area contributed by atoms with Crippen LogP contribution in [0.2, 0.25) is 0 Å². The quantitative estimate of drug-likeness (QED) is 0.782. The molecule has 1 aliphatic rings. The molecule has 0 bridgehead atoms. The molecule has 0 unspecified atom stereocenters. The molecule has 0 aliphatic carbocycles. The highest BCUT2D eigenvalue weighted by atomic mass is 79.9. The Morgan fingerprint density at radius 3 is 2.38 bits per heavy atom. The van der Waals surface area contributed by atoms with Gasteiger partial charge in [0, 0.05) is 30.2 Å². The zero-order chi connectivity index (χ0) is 14.8. The average Bonchev–Trinajstić information content (AvgIpc) is 2.67. The molecule has 3 rings (SSSR count). The minimum atomic E-state index is 0.0604. The first-order valence-corrected chi connectivity index (χ1v) is 7.84. The first-order chi connectivity index (χ1) is 10.2. The lowest BCUT2D eigenvalue weighted by atomic mass is 10.1. The number of nitrogens with zero attached hydrogens (tertiary/aromatic N) is 2. The predicted molar refractivity (Wildman–Crippen MR) is 90.1 cm³/mol. The van der Waals surface area contributed by atoms with Gasteiger partial charge in [0.05, 0.1) is 11.4 Å². The second-order valence-corrected chi connectivity index (χ2v) is 6.14. The molecular formula is C17H17BrN2O. The van der Waals surface area contributed by atoms with Crippen molar-refractivity contribution in [3.8, 4) is 0 Å². The first kappa shape index (κ1) is 14.1. The number of rotatable bonds is 1. The number of benzene rings is 2. The molecule has 21 heavy (non-hydrogen) atoms.